The summed E-state index contributed by atoms with van der Waals surface area (Å²) in [5.41, 5.74) is 4.19. The Morgan fingerprint density at radius 3 is 2.57 bits per heavy atom. The van der Waals surface area contributed by atoms with Gasteiger partial charge in [0.2, 0.25) is 0 Å². The van der Waals surface area contributed by atoms with E-state index in [4.69, 9.17) is 0 Å². The topological polar surface area (TPSA) is 37.4 Å². The molecule has 118 valence electrons. The number of hydrogen-bond acceptors (Lipinski definition) is 2. The number of fused-ring (bicyclic) bond motifs is 2. The Balaban J connectivity index is 1.82. The smallest absolute Gasteiger partial charge is 0.262 e. The van der Waals surface area contributed by atoms with E-state index < -0.39 is 10.0 Å². The average Bonchev–Trinajstić information content (AvgIpc) is 2.71. The highest BCUT2D eigenvalue weighted by Gasteiger charge is 2.28. The second kappa shape index (κ2) is 5.53. The van der Waals surface area contributed by atoms with E-state index in [0.29, 0.717) is 11.4 Å². The molecule has 0 amide bonds. The quantitative estimate of drug-likeness (QED) is 0.800. The van der Waals surface area contributed by atoms with Crippen LogP contribution in [0, 0.1) is 0 Å². The van der Waals surface area contributed by atoms with Crippen LogP contribution in [0.5, 0.6) is 0 Å². The van der Waals surface area contributed by atoms with Crippen molar-refractivity contribution < 1.29 is 8.42 Å². The summed E-state index contributed by atoms with van der Waals surface area (Å²) in [6.07, 6.45) is 8.37. The standard InChI is InChI=1S/C19H19NO2S/c21-23(22)19-10-4-3-7-16(19)9-5-13-20(23)18-12-11-15-6-1-2-8-17(15)14-18/h3-5,7,9-12,14H,1-2,6,8,13H2. The van der Waals surface area contributed by atoms with Gasteiger partial charge in [0.15, 0.2) is 0 Å². The monoisotopic (exact) mass is 325 g/mol. The molecule has 4 rings (SSSR count). The Bertz CT molecular complexity index is 884. The minimum atomic E-state index is -3.53. The Hall–Kier alpha value is -2.07. The summed E-state index contributed by atoms with van der Waals surface area (Å²) in [6, 6.07) is 13.3. The van der Waals surface area contributed by atoms with Gasteiger partial charge in [-0.3, -0.25) is 4.31 Å². The van der Waals surface area contributed by atoms with Crippen molar-refractivity contribution in [3.8, 4) is 0 Å². The summed E-state index contributed by atoms with van der Waals surface area (Å²) in [7, 11) is -3.53. The average molecular weight is 325 g/mol. The van der Waals surface area contributed by atoms with E-state index in [0.717, 1.165) is 24.1 Å². The molecule has 0 spiro atoms. The summed E-state index contributed by atoms with van der Waals surface area (Å²) < 4.78 is 27.7. The second-order valence-corrected chi connectivity index (χ2v) is 7.97. The van der Waals surface area contributed by atoms with Gasteiger partial charge in [-0.1, -0.05) is 36.4 Å². The molecule has 0 fully saturated rings. The molecular formula is C19H19NO2S. The van der Waals surface area contributed by atoms with Crippen LogP contribution in [0.1, 0.15) is 29.5 Å². The van der Waals surface area contributed by atoms with Gasteiger partial charge in [0.25, 0.3) is 10.0 Å². The van der Waals surface area contributed by atoms with E-state index in [1.54, 1.807) is 12.1 Å². The van der Waals surface area contributed by atoms with E-state index in [1.165, 1.54) is 28.3 Å². The largest absolute Gasteiger partial charge is 0.265 e. The van der Waals surface area contributed by atoms with E-state index in [1.807, 2.05) is 30.4 Å². The Kier molecular flexibility index (Phi) is 3.49. The molecule has 3 nitrogen and oxygen atoms in total. The zero-order valence-electron chi connectivity index (χ0n) is 12.9. The molecule has 1 heterocycles. The molecule has 2 aromatic rings. The molecular weight excluding hydrogens is 306 g/mol. The molecule has 0 N–H and O–H groups in total. The number of sulfonamides is 1. The molecule has 1 aliphatic carbocycles. The van der Waals surface area contributed by atoms with Gasteiger partial charge in [0.1, 0.15) is 0 Å². The third kappa shape index (κ3) is 2.47. The molecule has 4 heteroatoms. The third-order valence-electron chi connectivity index (χ3n) is 4.68. The summed E-state index contributed by atoms with van der Waals surface area (Å²) >= 11 is 0. The van der Waals surface area contributed by atoms with Crippen molar-refractivity contribution in [2.75, 3.05) is 10.8 Å². The lowest BCUT2D eigenvalue weighted by atomic mass is 9.91. The fraction of sp³-hybridized carbons (Fsp3) is 0.263. The van der Waals surface area contributed by atoms with E-state index in [2.05, 4.69) is 12.1 Å². The first-order valence-electron chi connectivity index (χ1n) is 8.06. The number of aryl methyl sites for hydroxylation is 2. The SMILES string of the molecule is O=S1(=O)c2ccccc2C=CCN1c1ccc2c(c1)CCCC2. The van der Waals surface area contributed by atoms with Gasteiger partial charge in [0, 0.05) is 0 Å². The van der Waals surface area contributed by atoms with Crippen LogP contribution in [0.3, 0.4) is 0 Å². The van der Waals surface area contributed by atoms with Crippen molar-refractivity contribution in [1.82, 2.24) is 0 Å². The molecule has 1 aliphatic heterocycles. The van der Waals surface area contributed by atoms with E-state index in [-0.39, 0.29) is 0 Å². The molecule has 0 aromatic heterocycles. The minimum Gasteiger partial charge on any atom is -0.262 e. The van der Waals surface area contributed by atoms with Crippen LogP contribution < -0.4 is 4.31 Å². The third-order valence-corrected chi connectivity index (χ3v) is 6.54. The number of nitrogens with zero attached hydrogens (tertiary/aromatic N) is 1. The maximum Gasteiger partial charge on any atom is 0.265 e. The first kappa shape index (κ1) is 14.5. The molecule has 0 saturated carbocycles. The predicted molar refractivity (Wildman–Crippen MR) is 93.1 cm³/mol. The Labute approximate surface area is 137 Å². The van der Waals surface area contributed by atoms with Crippen molar-refractivity contribution in [2.45, 2.75) is 30.6 Å². The highest BCUT2D eigenvalue weighted by atomic mass is 32.2. The maximum absolute atomic E-state index is 13.1. The maximum atomic E-state index is 13.1. The Morgan fingerprint density at radius 2 is 1.70 bits per heavy atom. The van der Waals surface area contributed by atoms with Crippen LogP contribution in [-0.2, 0) is 22.9 Å². The molecule has 2 aliphatic rings. The zero-order chi connectivity index (χ0) is 15.9. The van der Waals surface area contributed by atoms with Crippen molar-refractivity contribution in [1.29, 1.82) is 0 Å². The first-order valence-corrected chi connectivity index (χ1v) is 9.50. The van der Waals surface area contributed by atoms with Crippen molar-refractivity contribution in [2.24, 2.45) is 0 Å². The lowest BCUT2D eigenvalue weighted by Gasteiger charge is -2.25. The van der Waals surface area contributed by atoms with Gasteiger partial charge >= 0.3 is 0 Å². The summed E-state index contributed by atoms with van der Waals surface area (Å²) in [5, 5.41) is 0. The van der Waals surface area contributed by atoms with Gasteiger partial charge in [-0.25, -0.2) is 8.42 Å². The fourth-order valence-electron chi connectivity index (χ4n) is 3.46. The molecule has 2 aromatic carbocycles. The number of rotatable bonds is 1. The molecule has 0 saturated heterocycles. The lowest BCUT2D eigenvalue weighted by molar-refractivity contribution is 0.593. The first-order chi connectivity index (χ1) is 11.2. The lowest BCUT2D eigenvalue weighted by Crippen LogP contribution is -2.31. The van der Waals surface area contributed by atoms with Gasteiger partial charge in [-0.2, -0.15) is 0 Å². The van der Waals surface area contributed by atoms with Crippen molar-refractivity contribution >= 4 is 21.8 Å². The molecule has 0 atom stereocenters. The van der Waals surface area contributed by atoms with Gasteiger partial charge in [0.05, 0.1) is 17.1 Å². The van der Waals surface area contributed by atoms with Gasteiger partial charge in [-0.15, -0.1) is 0 Å². The van der Waals surface area contributed by atoms with Gasteiger partial charge in [-0.05, 0) is 60.6 Å². The fourth-order valence-corrected chi connectivity index (χ4v) is 5.06. The summed E-state index contributed by atoms with van der Waals surface area (Å²) in [5.74, 6) is 0. The molecule has 0 unspecified atom stereocenters. The zero-order valence-corrected chi connectivity index (χ0v) is 13.7. The van der Waals surface area contributed by atoms with Crippen LogP contribution in [0.15, 0.2) is 53.4 Å². The predicted octanol–water partition coefficient (Wildman–Crippen LogP) is 3.79. The number of anilines is 1. The normalized spacial score (nSPS) is 18.9. The van der Waals surface area contributed by atoms with Crippen molar-refractivity contribution in [3.63, 3.8) is 0 Å². The van der Waals surface area contributed by atoms with Crippen LogP contribution in [-0.4, -0.2) is 15.0 Å². The van der Waals surface area contributed by atoms with Crippen LogP contribution in [0.4, 0.5) is 5.69 Å². The number of benzene rings is 2. The molecule has 23 heavy (non-hydrogen) atoms. The molecule has 0 bridgehead atoms. The van der Waals surface area contributed by atoms with Crippen LogP contribution in [0.25, 0.3) is 6.08 Å². The highest BCUT2D eigenvalue weighted by Crippen LogP contribution is 2.32. The second-order valence-electron chi connectivity index (χ2n) is 6.14. The number of hydrogen-bond donors (Lipinski definition) is 0. The van der Waals surface area contributed by atoms with Gasteiger partial charge < -0.3 is 0 Å². The summed E-state index contributed by atoms with van der Waals surface area (Å²) in [6.45, 7) is 0.371. The van der Waals surface area contributed by atoms with Crippen LogP contribution in [0.2, 0.25) is 0 Å². The minimum absolute atomic E-state index is 0.371. The van der Waals surface area contributed by atoms with Crippen molar-refractivity contribution in [3.05, 3.63) is 65.2 Å². The highest BCUT2D eigenvalue weighted by molar-refractivity contribution is 7.93. The molecule has 0 radical (unpaired) electrons. The van der Waals surface area contributed by atoms with E-state index >= 15 is 0 Å². The Morgan fingerprint density at radius 1 is 0.913 bits per heavy atom. The van der Waals surface area contributed by atoms with E-state index in [9.17, 15) is 8.42 Å². The van der Waals surface area contributed by atoms with Crippen LogP contribution >= 0.6 is 0 Å². The summed E-state index contributed by atoms with van der Waals surface area (Å²) in [4.78, 5) is 0.381.